The molecule has 0 spiro atoms. The molecular formula is C25H31N3O4. The Morgan fingerprint density at radius 3 is 2.59 bits per heavy atom. The minimum Gasteiger partial charge on any atom is -0.488 e. The van der Waals surface area contributed by atoms with Gasteiger partial charge < -0.3 is 19.9 Å². The molecule has 2 N–H and O–H groups in total. The first-order chi connectivity index (χ1) is 15.2. The highest BCUT2D eigenvalue weighted by atomic mass is 16.6. The molecule has 3 rings (SSSR count). The number of carbonyl (C=O) groups excluding carboxylic acids is 1. The minimum atomic E-state index is -0.526. The Kier molecular flexibility index (Phi) is 7.53. The molecule has 0 aliphatic heterocycles. The van der Waals surface area contributed by atoms with Gasteiger partial charge in [-0.2, -0.15) is 5.10 Å². The lowest BCUT2D eigenvalue weighted by molar-refractivity contribution is 0.0525. The third-order valence-electron chi connectivity index (χ3n) is 4.72. The maximum Gasteiger partial charge on any atom is 0.407 e. The van der Waals surface area contributed by atoms with E-state index in [1.165, 1.54) is 0 Å². The van der Waals surface area contributed by atoms with Crippen molar-refractivity contribution in [2.24, 2.45) is 0 Å². The molecule has 1 heterocycles. The first-order valence-corrected chi connectivity index (χ1v) is 10.7. The number of aryl methyl sites for hydroxylation is 1. The van der Waals surface area contributed by atoms with Crippen LogP contribution in [0.3, 0.4) is 0 Å². The lowest BCUT2D eigenvalue weighted by Gasteiger charge is -2.19. The van der Waals surface area contributed by atoms with E-state index in [2.05, 4.69) is 10.4 Å². The van der Waals surface area contributed by atoms with E-state index in [0.29, 0.717) is 25.4 Å². The number of benzene rings is 2. The van der Waals surface area contributed by atoms with Crippen LogP contribution in [-0.2, 0) is 24.5 Å². The largest absolute Gasteiger partial charge is 0.488 e. The molecule has 0 aliphatic rings. The van der Waals surface area contributed by atoms with Gasteiger partial charge in [0.1, 0.15) is 18.0 Å². The lowest BCUT2D eigenvalue weighted by Crippen LogP contribution is -2.34. The van der Waals surface area contributed by atoms with E-state index in [1.54, 1.807) is 10.9 Å². The van der Waals surface area contributed by atoms with Gasteiger partial charge in [0.2, 0.25) is 0 Å². The predicted molar refractivity (Wildman–Crippen MR) is 123 cm³/mol. The van der Waals surface area contributed by atoms with Gasteiger partial charge in [-0.15, -0.1) is 0 Å². The number of alkyl carbamates (subject to hydrolysis) is 1. The highest BCUT2D eigenvalue weighted by Crippen LogP contribution is 2.31. The number of aliphatic hydroxyl groups excluding tert-OH is 1. The normalized spacial score (nSPS) is 11.3. The van der Waals surface area contributed by atoms with Crippen molar-refractivity contribution >= 4 is 6.09 Å². The molecule has 170 valence electrons. The van der Waals surface area contributed by atoms with Crippen LogP contribution >= 0.6 is 0 Å². The number of amides is 1. The fourth-order valence-electron chi connectivity index (χ4n) is 3.29. The molecule has 0 saturated carbocycles. The van der Waals surface area contributed by atoms with Gasteiger partial charge in [0.15, 0.2) is 0 Å². The molecule has 7 nitrogen and oxygen atoms in total. The molecule has 1 amide bonds. The molecular weight excluding hydrogens is 406 g/mol. The average molecular weight is 438 g/mol. The molecule has 32 heavy (non-hydrogen) atoms. The van der Waals surface area contributed by atoms with E-state index in [9.17, 15) is 9.90 Å². The van der Waals surface area contributed by atoms with Crippen molar-refractivity contribution in [3.63, 3.8) is 0 Å². The van der Waals surface area contributed by atoms with E-state index in [4.69, 9.17) is 9.47 Å². The van der Waals surface area contributed by atoms with E-state index >= 15 is 0 Å². The van der Waals surface area contributed by atoms with Gasteiger partial charge in [-0.25, -0.2) is 4.79 Å². The summed E-state index contributed by atoms with van der Waals surface area (Å²) in [6.07, 6.45) is 3.24. The number of ether oxygens (including phenoxy) is 2. The molecule has 3 aromatic rings. The lowest BCUT2D eigenvalue weighted by atomic mass is 10.0. The van der Waals surface area contributed by atoms with Gasteiger partial charge >= 0.3 is 6.09 Å². The van der Waals surface area contributed by atoms with Crippen LogP contribution in [-0.4, -0.2) is 33.1 Å². The van der Waals surface area contributed by atoms with Crippen LogP contribution in [0.4, 0.5) is 4.79 Å². The highest BCUT2D eigenvalue weighted by molar-refractivity contribution is 5.67. The van der Waals surface area contributed by atoms with Crippen molar-refractivity contribution in [3.8, 4) is 16.9 Å². The zero-order valence-corrected chi connectivity index (χ0v) is 19.1. The van der Waals surface area contributed by atoms with Crippen LogP contribution in [0.2, 0.25) is 0 Å². The molecule has 2 aromatic carbocycles. The van der Waals surface area contributed by atoms with Crippen molar-refractivity contribution in [1.82, 2.24) is 15.1 Å². The quantitative estimate of drug-likeness (QED) is 0.544. The fourth-order valence-corrected chi connectivity index (χ4v) is 3.29. The Morgan fingerprint density at radius 1 is 1.16 bits per heavy atom. The molecule has 0 saturated heterocycles. The Bertz CT molecular complexity index is 1040. The second-order valence-corrected chi connectivity index (χ2v) is 8.63. The van der Waals surface area contributed by atoms with Gasteiger partial charge in [-0.3, -0.25) is 4.68 Å². The van der Waals surface area contributed by atoms with Gasteiger partial charge in [0, 0.05) is 23.9 Å². The minimum absolute atomic E-state index is 0.118. The Labute approximate surface area is 189 Å². The third-order valence-corrected chi connectivity index (χ3v) is 4.72. The molecule has 0 atom stereocenters. The Balaban J connectivity index is 1.65. The summed E-state index contributed by atoms with van der Waals surface area (Å²) in [6.45, 7) is 8.70. The second-order valence-electron chi connectivity index (χ2n) is 8.63. The monoisotopic (exact) mass is 437 g/mol. The number of hydrogen-bond acceptors (Lipinski definition) is 5. The summed E-state index contributed by atoms with van der Waals surface area (Å²) in [6, 6.07) is 13.9. The van der Waals surface area contributed by atoms with Gasteiger partial charge in [-0.05, 0) is 56.5 Å². The average Bonchev–Trinajstić information content (AvgIpc) is 3.20. The van der Waals surface area contributed by atoms with Crippen molar-refractivity contribution in [2.75, 3.05) is 6.54 Å². The third kappa shape index (κ3) is 6.59. The van der Waals surface area contributed by atoms with Crippen LogP contribution in [0, 0.1) is 6.92 Å². The zero-order chi connectivity index (χ0) is 23.1. The van der Waals surface area contributed by atoms with Gasteiger partial charge in [0.05, 0.1) is 19.3 Å². The van der Waals surface area contributed by atoms with Crippen LogP contribution in [0.5, 0.6) is 5.75 Å². The Morgan fingerprint density at radius 2 is 1.91 bits per heavy atom. The summed E-state index contributed by atoms with van der Waals surface area (Å²) in [4.78, 5) is 11.8. The number of hydrogen-bond donors (Lipinski definition) is 2. The predicted octanol–water partition coefficient (Wildman–Crippen LogP) is 4.45. The molecule has 0 radical (unpaired) electrons. The molecule has 0 unspecified atom stereocenters. The topological polar surface area (TPSA) is 85.6 Å². The number of aliphatic hydroxyl groups is 1. The summed E-state index contributed by atoms with van der Waals surface area (Å²) < 4.78 is 13.0. The SMILES string of the molecule is Cc1cc(-c2cnn(CCNC(=O)OC(C)(C)C)c2)cc(CO)c1OCc1ccccc1. The Hall–Kier alpha value is -3.32. The standard InChI is InChI=1S/C25H31N3O4/c1-18-12-20(13-21(16-29)23(18)31-17-19-8-6-5-7-9-19)22-14-27-28(15-22)11-10-26-24(30)32-25(2,3)4/h5-9,12-15,29H,10-11,16-17H2,1-4H3,(H,26,30). The van der Waals surface area contributed by atoms with E-state index in [0.717, 1.165) is 27.8 Å². The van der Waals surface area contributed by atoms with Crippen LogP contribution in [0.1, 0.15) is 37.5 Å². The van der Waals surface area contributed by atoms with Gasteiger partial charge in [-0.1, -0.05) is 30.3 Å². The van der Waals surface area contributed by atoms with Crippen LogP contribution in [0.25, 0.3) is 11.1 Å². The number of aromatic nitrogens is 2. The summed E-state index contributed by atoms with van der Waals surface area (Å²) in [5.41, 5.74) is 4.10. The summed E-state index contributed by atoms with van der Waals surface area (Å²) in [5.74, 6) is 0.703. The van der Waals surface area contributed by atoms with E-state index in [1.807, 2.05) is 76.4 Å². The van der Waals surface area contributed by atoms with Crippen LogP contribution in [0.15, 0.2) is 54.9 Å². The maximum atomic E-state index is 11.8. The summed E-state index contributed by atoms with van der Waals surface area (Å²) in [7, 11) is 0. The highest BCUT2D eigenvalue weighted by Gasteiger charge is 2.16. The van der Waals surface area contributed by atoms with E-state index < -0.39 is 11.7 Å². The first-order valence-electron chi connectivity index (χ1n) is 10.7. The summed E-state index contributed by atoms with van der Waals surface area (Å²) >= 11 is 0. The fraction of sp³-hybridized carbons (Fsp3) is 0.360. The number of rotatable bonds is 8. The first kappa shape index (κ1) is 23.3. The maximum absolute atomic E-state index is 11.8. The number of nitrogens with one attached hydrogen (secondary N) is 1. The van der Waals surface area contributed by atoms with Crippen molar-refractivity contribution < 1.29 is 19.4 Å². The van der Waals surface area contributed by atoms with Gasteiger partial charge in [0.25, 0.3) is 0 Å². The van der Waals surface area contributed by atoms with Crippen molar-refractivity contribution in [2.45, 2.75) is 53.1 Å². The summed E-state index contributed by atoms with van der Waals surface area (Å²) in [5, 5.41) is 17.0. The van der Waals surface area contributed by atoms with Crippen molar-refractivity contribution in [3.05, 3.63) is 71.5 Å². The zero-order valence-electron chi connectivity index (χ0n) is 19.1. The molecule has 0 aliphatic carbocycles. The number of carbonyl (C=O) groups is 1. The van der Waals surface area contributed by atoms with Crippen molar-refractivity contribution in [1.29, 1.82) is 0 Å². The second kappa shape index (κ2) is 10.3. The molecule has 1 aromatic heterocycles. The van der Waals surface area contributed by atoms with E-state index in [-0.39, 0.29) is 6.61 Å². The molecule has 0 bridgehead atoms. The molecule has 0 fully saturated rings. The smallest absolute Gasteiger partial charge is 0.407 e. The molecule has 7 heteroatoms. The van der Waals surface area contributed by atoms with Crippen LogP contribution < -0.4 is 10.1 Å². The number of nitrogens with zero attached hydrogens (tertiary/aromatic N) is 2.